The fraction of sp³-hybridized carbons (Fsp3) is 0. The van der Waals surface area contributed by atoms with Crippen LogP contribution in [-0.2, 0) is 0 Å². The summed E-state index contributed by atoms with van der Waals surface area (Å²) in [6.45, 7) is 0. The lowest BCUT2D eigenvalue weighted by Crippen LogP contribution is -2.15. The fourth-order valence-corrected chi connectivity index (χ4v) is 16.5. The SMILES string of the molecule is c1ccc(N(c2cccc3ccccc23)c2c3ccccc3c(-c3c4ccccc4c(N(c4ccccc4)c4cccc5c(-c6ccc7c(c6)N(c6ccc(-c8nnc(-c9ccc(N%10c%11ccccc%11Oc%11ccccc%11%10)cc9)o8)cc6)c6ccccc6O7)cccc45)c4ccccc34)c3ccccc23)cc1. The largest absolute Gasteiger partial charge is 0.453 e. The van der Waals surface area contributed by atoms with Crippen molar-refractivity contribution in [2.24, 2.45) is 0 Å². The van der Waals surface area contributed by atoms with Gasteiger partial charge < -0.3 is 33.5 Å². The second-order valence-corrected chi connectivity index (χ2v) is 27.1. The Bertz CT molecular complexity index is 6570. The van der Waals surface area contributed by atoms with Crippen LogP contribution >= 0.6 is 0 Å². The monoisotopic (exact) mass is 1370 g/mol. The molecule has 0 atom stereocenters. The quantitative estimate of drug-likeness (QED) is 0.111. The molecule has 0 N–H and O–H groups in total. The molecule has 0 amide bonds. The molecule has 9 heteroatoms. The average Bonchev–Trinajstić information content (AvgIpc) is 1.01. The minimum absolute atomic E-state index is 0.421. The van der Waals surface area contributed by atoms with E-state index in [9.17, 15) is 0 Å². The van der Waals surface area contributed by atoms with Crippen molar-refractivity contribution < 1.29 is 13.9 Å². The Balaban J connectivity index is 0.667. The van der Waals surface area contributed by atoms with Crippen LogP contribution in [0.3, 0.4) is 0 Å². The molecule has 0 spiro atoms. The predicted octanol–water partition coefficient (Wildman–Crippen LogP) is 27.7. The minimum atomic E-state index is 0.421. The van der Waals surface area contributed by atoms with Crippen molar-refractivity contribution in [2.45, 2.75) is 0 Å². The summed E-state index contributed by atoms with van der Waals surface area (Å²) in [5, 5.41) is 22.9. The van der Waals surface area contributed by atoms with E-state index in [1.165, 1.54) is 32.7 Å². The van der Waals surface area contributed by atoms with Gasteiger partial charge in [0.05, 0.1) is 45.5 Å². The van der Waals surface area contributed by atoms with Gasteiger partial charge in [-0.05, 0) is 188 Å². The molecule has 0 bridgehead atoms. The molecule has 2 aliphatic rings. The van der Waals surface area contributed by atoms with E-state index in [0.29, 0.717) is 11.8 Å². The number of aromatic nitrogens is 2. The second kappa shape index (κ2) is 25.2. The van der Waals surface area contributed by atoms with Crippen molar-refractivity contribution >= 4 is 133 Å². The smallest absolute Gasteiger partial charge is 0.248 e. The summed E-state index contributed by atoms with van der Waals surface area (Å²) in [5.74, 6) is 3.95. The maximum atomic E-state index is 6.78. The molecule has 9 nitrogen and oxygen atoms in total. The minimum Gasteiger partial charge on any atom is -0.453 e. The molecular weight excluding hydrogens is 1310 g/mol. The molecule has 0 saturated heterocycles. The third-order valence-electron chi connectivity index (χ3n) is 21.1. The Morgan fingerprint density at radius 2 is 0.589 bits per heavy atom. The first-order valence-corrected chi connectivity index (χ1v) is 36.1. The third kappa shape index (κ3) is 10.1. The summed E-state index contributed by atoms with van der Waals surface area (Å²) in [5.41, 5.74) is 18.4. The second-order valence-electron chi connectivity index (χ2n) is 27.1. The number of nitrogens with zero attached hydrogens (tertiary/aromatic N) is 6. The van der Waals surface area contributed by atoms with Crippen molar-refractivity contribution in [1.29, 1.82) is 0 Å². The zero-order valence-electron chi connectivity index (χ0n) is 57.7. The first kappa shape index (κ1) is 61.2. The van der Waals surface area contributed by atoms with Crippen molar-refractivity contribution in [1.82, 2.24) is 10.2 Å². The molecule has 0 saturated carbocycles. The Labute approximate surface area is 617 Å². The maximum Gasteiger partial charge on any atom is 0.248 e. The van der Waals surface area contributed by atoms with Gasteiger partial charge in [-0.1, -0.05) is 243 Å². The number of ether oxygens (including phenoxy) is 2. The summed E-state index contributed by atoms with van der Waals surface area (Å²) in [6.07, 6.45) is 0. The van der Waals surface area contributed by atoms with Crippen molar-refractivity contribution in [2.75, 3.05) is 19.6 Å². The Kier molecular flexibility index (Phi) is 14.4. The van der Waals surface area contributed by atoms with Crippen LogP contribution in [0.25, 0.3) is 110 Å². The van der Waals surface area contributed by atoms with Gasteiger partial charge in [-0.15, -0.1) is 10.2 Å². The summed E-state index contributed by atoms with van der Waals surface area (Å²) in [6, 6.07) is 134. The number of fused-ring (bicyclic) bond motifs is 10. The van der Waals surface area contributed by atoms with Crippen LogP contribution in [0.1, 0.15) is 0 Å². The normalized spacial score (nSPS) is 12.2. The van der Waals surface area contributed by atoms with E-state index >= 15 is 0 Å². The van der Waals surface area contributed by atoms with Crippen LogP contribution in [0, 0.1) is 0 Å². The highest BCUT2D eigenvalue weighted by Gasteiger charge is 2.32. The number of anilines is 12. The predicted molar refractivity (Wildman–Crippen MR) is 440 cm³/mol. The lowest BCUT2D eigenvalue weighted by atomic mass is 9.84. The summed E-state index contributed by atoms with van der Waals surface area (Å²) < 4.78 is 19.5. The Morgan fingerprint density at radius 3 is 1.07 bits per heavy atom. The average molecular weight is 1370 g/mol. The van der Waals surface area contributed by atoms with Crippen molar-refractivity contribution in [3.8, 4) is 68.2 Å². The first-order chi connectivity index (χ1) is 53.1. The molecule has 21 rings (SSSR count). The topological polar surface area (TPSA) is 70.3 Å². The molecular formula is C98H62N6O3. The van der Waals surface area contributed by atoms with Gasteiger partial charge in [0.15, 0.2) is 23.0 Å². The fourth-order valence-electron chi connectivity index (χ4n) is 16.5. The van der Waals surface area contributed by atoms with Gasteiger partial charge in [0.2, 0.25) is 11.8 Å². The van der Waals surface area contributed by atoms with Gasteiger partial charge in [-0.25, -0.2) is 0 Å². The van der Waals surface area contributed by atoms with Gasteiger partial charge >= 0.3 is 0 Å². The highest BCUT2D eigenvalue weighted by molar-refractivity contribution is 6.31. The summed E-state index contributed by atoms with van der Waals surface area (Å²) in [7, 11) is 0. The van der Waals surface area contributed by atoms with E-state index < -0.39 is 0 Å². The molecule has 0 radical (unpaired) electrons. The number of hydrogen-bond donors (Lipinski definition) is 0. The number of hydrogen-bond acceptors (Lipinski definition) is 9. The standard InChI is InChI=1S/C98H62N6O3/c1-3-28-67(29-4-1)103(83-47-23-27-63-26-7-8-32-72(63)83)95-79-37-13-9-33-75(79)93(76-34-10-14-38-80(76)95)94-77-35-11-15-39-81(77)96(82-40-16-12-36-78(82)94)104(68-30-5-2-6-31-68)84-48-25-42-73-71(41-24-43-74(73)84)66-56-61-92-88(62-66)102(87-46-19-22-51-91(87)106-92)70-59-54-65(55-60-70)98-100-99-97(107-98)64-52-57-69(58-53-64)101-85-44-17-20-49-89(85)105-90-50-21-18-45-86(90)101/h1-62H. The molecule has 0 fully saturated rings. The Morgan fingerprint density at radius 1 is 0.243 bits per heavy atom. The lowest BCUT2D eigenvalue weighted by molar-refractivity contribution is 0.477. The molecule has 0 aliphatic carbocycles. The van der Waals surface area contributed by atoms with Crippen LogP contribution in [0.5, 0.6) is 23.0 Å². The Hall–Kier alpha value is -14.5. The first-order valence-electron chi connectivity index (χ1n) is 36.1. The zero-order chi connectivity index (χ0) is 70.5. The molecule has 19 aromatic rings. The van der Waals surface area contributed by atoms with E-state index in [0.717, 1.165) is 157 Å². The highest BCUT2D eigenvalue weighted by Crippen LogP contribution is 2.57. The molecule has 0 unspecified atom stereocenters. The van der Waals surface area contributed by atoms with Crippen LogP contribution in [0.4, 0.5) is 68.2 Å². The number of benzene rings is 18. The molecule has 2 aliphatic heterocycles. The van der Waals surface area contributed by atoms with Gasteiger partial charge in [0, 0.05) is 66.2 Å². The van der Waals surface area contributed by atoms with E-state index in [1.807, 2.05) is 72.8 Å². The van der Waals surface area contributed by atoms with Crippen molar-refractivity contribution in [3.05, 3.63) is 376 Å². The zero-order valence-corrected chi connectivity index (χ0v) is 57.7. The molecule has 502 valence electrons. The number of para-hydroxylation sites is 8. The van der Waals surface area contributed by atoms with E-state index in [4.69, 9.17) is 13.9 Å². The number of rotatable bonds is 12. The highest BCUT2D eigenvalue weighted by atomic mass is 16.5. The third-order valence-corrected chi connectivity index (χ3v) is 21.1. The van der Waals surface area contributed by atoms with E-state index in [1.54, 1.807) is 0 Å². The lowest BCUT2D eigenvalue weighted by Gasteiger charge is -2.33. The van der Waals surface area contributed by atoms with Gasteiger partial charge in [-0.3, -0.25) is 0 Å². The van der Waals surface area contributed by atoms with E-state index in [2.05, 4.69) is 333 Å². The van der Waals surface area contributed by atoms with Crippen LogP contribution < -0.4 is 29.1 Å². The van der Waals surface area contributed by atoms with Crippen LogP contribution in [-0.4, -0.2) is 10.2 Å². The van der Waals surface area contributed by atoms with Crippen LogP contribution in [0.2, 0.25) is 0 Å². The van der Waals surface area contributed by atoms with E-state index in [-0.39, 0.29) is 0 Å². The molecule has 107 heavy (non-hydrogen) atoms. The summed E-state index contributed by atoms with van der Waals surface area (Å²) >= 11 is 0. The van der Waals surface area contributed by atoms with Gasteiger partial charge in [0.25, 0.3) is 0 Å². The van der Waals surface area contributed by atoms with Crippen molar-refractivity contribution in [3.63, 3.8) is 0 Å². The summed E-state index contributed by atoms with van der Waals surface area (Å²) in [4.78, 5) is 9.48. The van der Waals surface area contributed by atoms with Gasteiger partial charge in [-0.2, -0.15) is 0 Å². The van der Waals surface area contributed by atoms with Gasteiger partial charge in [0.1, 0.15) is 0 Å². The molecule has 3 heterocycles. The van der Waals surface area contributed by atoms with Crippen LogP contribution in [0.15, 0.2) is 381 Å². The molecule has 18 aromatic carbocycles. The maximum absolute atomic E-state index is 6.78. The molecule has 1 aromatic heterocycles.